The molecule has 0 bridgehead atoms. The summed E-state index contributed by atoms with van der Waals surface area (Å²) >= 11 is 11.3. The van der Waals surface area contributed by atoms with Crippen LogP contribution in [-0.4, -0.2) is 36.2 Å². The molecule has 112 valence electrons. The number of phenolic OH excluding ortho intramolecular Hbond substituents is 1. The molecule has 2 aromatic rings. The van der Waals surface area contributed by atoms with Gasteiger partial charge < -0.3 is 10.4 Å². The third-order valence-electron chi connectivity index (χ3n) is 3.68. The van der Waals surface area contributed by atoms with E-state index < -0.39 is 0 Å². The summed E-state index contributed by atoms with van der Waals surface area (Å²) in [6, 6.07) is 7.80. The molecule has 0 radical (unpaired) electrons. The second-order valence-corrected chi connectivity index (χ2v) is 7.30. The lowest BCUT2D eigenvalue weighted by molar-refractivity contribution is 0.198. The smallest absolute Gasteiger partial charge is 0.135 e. The van der Waals surface area contributed by atoms with E-state index in [1.807, 2.05) is 12.1 Å². The summed E-state index contributed by atoms with van der Waals surface area (Å²) in [5.41, 5.74) is 0.860. The van der Waals surface area contributed by atoms with Gasteiger partial charge in [-0.15, -0.1) is 11.3 Å². The lowest BCUT2D eigenvalue weighted by Gasteiger charge is -2.35. The van der Waals surface area contributed by atoms with E-state index in [4.69, 9.17) is 11.6 Å². The monoisotopic (exact) mass is 386 g/mol. The van der Waals surface area contributed by atoms with Gasteiger partial charge in [0.2, 0.25) is 0 Å². The molecule has 0 amide bonds. The van der Waals surface area contributed by atoms with Gasteiger partial charge in [-0.3, -0.25) is 4.90 Å². The van der Waals surface area contributed by atoms with Crippen molar-refractivity contribution in [3.63, 3.8) is 0 Å². The van der Waals surface area contributed by atoms with Crippen molar-refractivity contribution < 1.29 is 5.11 Å². The third-order valence-corrected chi connectivity index (χ3v) is 5.43. The molecule has 0 unspecified atom stereocenters. The number of rotatable bonds is 3. The molecule has 1 aromatic carbocycles. The highest BCUT2D eigenvalue weighted by molar-refractivity contribution is 9.10. The highest BCUT2D eigenvalue weighted by atomic mass is 79.9. The van der Waals surface area contributed by atoms with Crippen molar-refractivity contribution >= 4 is 38.9 Å². The zero-order valence-electron chi connectivity index (χ0n) is 11.4. The quantitative estimate of drug-likeness (QED) is 0.839. The Labute approximate surface area is 141 Å². The van der Waals surface area contributed by atoms with Crippen molar-refractivity contribution in [1.82, 2.24) is 10.2 Å². The zero-order valence-corrected chi connectivity index (χ0v) is 14.5. The van der Waals surface area contributed by atoms with Gasteiger partial charge >= 0.3 is 0 Å². The van der Waals surface area contributed by atoms with Crippen LogP contribution in [0, 0.1) is 0 Å². The molecule has 2 heterocycles. The number of phenols is 1. The van der Waals surface area contributed by atoms with Crippen LogP contribution in [-0.2, 0) is 0 Å². The molecule has 3 rings (SSSR count). The normalized spacial score (nSPS) is 17.8. The third kappa shape index (κ3) is 3.27. The highest BCUT2D eigenvalue weighted by Crippen LogP contribution is 2.41. The van der Waals surface area contributed by atoms with Gasteiger partial charge in [0.1, 0.15) is 5.75 Å². The van der Waals surface area contributed by atoms with Crippen LogP contribution in [0.2, 0.25) is 5.02 Å². The van der Waals surface area contributed by atoms with Crippen molar-refractivity contribution in [2.75, 3.05) is 26.2 Å². The van der Waals surface area contributed by atoms with E-state index in [0.717, 1.165) is 31.7 Å². The first kappa shape index (κ1) is 15.3. The maximum atomic E-state index is 10.5. The van der Waals surface area contributed by atoms with Gasteiger partial charge in [-0.05, 0) is 39.5 Å². The van der Waals surface area contributed by atoms with Crippen LogP contribution >= 0.6 is 38.9 Å². The Hall–Kier alpha value is -0.590. The number of nitrogens with one attached hydrogen (secondary N) is 1. The second kappa shape index (κ2) is 6.67. The molecule has 1 aliphatic heterocycles. The van der Waals surface area contributed by atoms with Crippen LogP contribution in [0.4, 0.5) is 0 Å². The number of nitrogens with zero attached hydrogens (tertiary/aromatic N) is 1. The van der Waals surface area contributed by atoms with E-state index in [2.05, 4.69) is 37.6 Å². The Kier molecular flexibility index (Phi) is 4.86. The predicted octanol–water partition coefficient (Wildman–Crippen LogP) is 3.86. The van der Waals surface area contributed by atoms with Crippen LogP contribution in [0.1, 0.15) is 16.5 Å². The topological polar surface area (TPSA) is 35.5 Å². The van der Waals surface area contributed by atoms with Crippen LogP contribution in [0.15, 0.2) is 34.1 Å². The van der Waals surface area contributed by atoms with Gasteiger partial charge in [-0.1, -0.05) is 17.7 Å². The number of thiophene rings is 1. The lowest BCUT2D eigenvalue weighted by atomic mass is 10.0. The molecule has 21 heavy (non-hydrogen) atoms. The molecular weight excluding hydrogens is 372 g/mol. The molecule has 1 atom stereocenters. The summed E-state index contributed by atoms with van der Waals surface area (Å²) in [4.78, 5) is 3.61. The molecule has 1 saturated heterocycles. The van der Waals surface area contributed by atoms with E-state index >= 15 is 0 Å². The first-order chi connectivity index (χ1) is 10.2. The Bertz CT molecular complexity index is 614. The van der Waals surface area contributed by atoms with Crippen LogP contribution in [0.3, 0.4) is 0 Å². The summed E-state index contributed by atoms with van der Waals surface area (Å²) < 4.78 is 0.640. The van der Waals surface area contributed by atoms with Crippen molar-refractivity contribution in [3.8, 4) is 5.75 Å². The van der Waals surface area contributed by atoms with E-state index in [9.17, 15) is 5.11 Å². The summed E-state index contributed by atoms with van der Waals surface area (Å²) in [6.07, 6.45) is 0. The van der Waals surface area contributed by atoms with Crippen molar-refractivity contribution in [2.45, 2.75) is 6.04 Å². The largest absolute Gasteiger partial charge is 0.506 e. The summed E-state index contributed by atoms with van der Waals surface area (Å²) in [6.45, 7) is 3.83. The van der Waals surface area contributed by atoms with Crippen LogP contribution in [0.5, 0.6) is 5.75 Å². The maximum Gasteiger partial charge on any atom is 0.135 e. The average Bonchev–Trinajstić information content (AvgIpc) is 2.99. The van der Waals surface area contributed by atoms with E-state index in [1.54, 1.807) is 17.4 Å². The average molecular weight is 388 g/mol. The zero-order chi connectivity index (χ0) is 14.8. The van der Waals surface area contributed by atoms with E-state index in [-0.39, 0.29) is 11.8 Å². The van der Waals surface area contributed by atoms with E-state index in [0.29, 0.717) is 9.50 Å². The van der Waals surface area contributed by atoms with Crippen molar-refractivity contribution in [3.05, 3.63) is 49.6 Å². The summed E-state index contributed by atoms with van der Waals surface area (Å²) in [5.74, 6) is 0.274. The molecule has 1 fully saturated rings. The fraction of sp³-hybridized carbons (Fsp3) is 0.333. The number of piperazine rings is 1. The van der Waals surface area contributed by atoms with Crippen molar-refractivity contribution in [1.29, 1.82) is 0 Å². The molecular formula is C15H16BrClN2OS. The Balaban J connectivity index is 2.07. The van der Waals surface area contributed by atoms with Gasteiger partial charge in [0.25, 0.3) is 0 Å². The molecule has 6 heteroatoms. The lowest BCUT2D eigenvalue weighted by Crippen LogP contribution is -2.45. The minimum absolute atomic E-state index is 0.0436. The fourth-order valence-corrected chi connectivity index (χ4v) is 4.42. The van der Waals surface area contributed by atoms with Gasteiger partial charge in [-0.2, -0.15) is 0 Å². The fourth-order valence-electron chi connectivity index (χ4n) is 2.71. The number of benzene rings is 1. The minimum Gasteiger partial charge on any atom is -0.506 e. The predicted molar refractivity (Wildman–Crippen MR) is 91.4 cm³/mol. The minimum atomic E-state index is 0.0436. The van der Waals surface area contributed by atoms with Crippen molar-refractivity contribution in [2.24, 2.45) is 0 Å². The summed E-state index contributed by atoms with van der Waals surface area (Å²) in [7, 11) is 0. The molecule has 1 aromatic heterocycles. The maximum absolute atomic E-state index is 10.5. The standard InChI is InChI=1S/C15H16BrClN2OS/c16-12-9-10(17)8-11(15(12)20)14(13-2-1-7-21-13)19-5-3-18-4-6-19/h1-2,7-9,14,18,20H,3-6H2/t14-/m0/s1. The molecule has 1 aliphatic rings. The number of hydrogen-bond acceptors (Lipinski definition) is 4. The number of hydrogen-bond donors (Lipinski definition) is 2. The van der Waals surface area contributed by atoms with E-state index in [1.165, 1.54) is 4.88 Å². The summed E-state index contributed by atoms with van der Waals surface area (Å²) in [5, 5.41) is 16.5. The Morgan fingerprint density at radius 3 is 2.76 bits per heavy atom. The SMILES string of the molecule is Oc1c(Br)cc(Cl)cc1[C@@H](c1cccs1)N1CCNCC1. The molecule has 0 spiro atoms. The molecule has 0 saturated carbocycles. The number of halogens is 2. The second-order valence-electron chi connectivity index (χ2n) is 5.03. The first-order valence-corrected chi connectivity index (χ1v) is 8.88. The first-order valence-electron chi connectivity index (χ1n) is 6.83. The highest BCUT2D eigenvalue weighted by Gasteiger charge is 2.28. The van der Waals surface area contributed by atoms with Gasteiger partial charge in [0.05, 0.1) is 10.5 Å². The van der Waals surface area contributed by atoms with Gasteiger partial charge in [0.15, 0.2) is 0 Å². The Morgan fingerprint density at radius 1 is 1.33 bits per heavy atom. The molecule has 0 aliphatic carbocycles. The van der Waals surface area contributed by atoms with Gasteiger partial charge in [0, 0.05) is 41.6 Å². The molecule has 3 nitrogen and oxygen atoms in total. The van der Waals surface area contributed by atoms with Crippen LogP contribution < -0.4 is 5.32 Å². The molecule has 2 N–H and O–H groups in total. The van der Waals surface area contributed by atoms with Crippen LogP contribution in [0.25, 0.3) is 0 Å². The Morgan fingerprint density at radius 2 is 2.10 bits per heavy atom. The van der Waals surface area contributed by atoms with Gasteiger partial charge in [-0.25, -0.2) is 0 Å². The number of aromatic hydroxyl groups is 1.